The lowest BCUT2D eigenvalue weighted by Crippen LogP contribution is -2.27. The maximum absolute atomic E-state index is 13.0. The highest BCUT2D eigenvalue weighted by molar-refractivity contribution is 5.95. The van der Waals surface area contributed by atoms with Gasteiger partial charge in [-0.05, 0) is 109 Å². The van der Waals surface area contributed by atoms with E-state index in [2.05, 4.69) is 37.5 Å². The molecule has 0 atom stereocenters. The Hall–Kier alpha value is -1.92. The van der Waals surface area contributed by atoms with Gasteiger partial charge in [0.25, 0.3) is 0 Å². The van der Waals surface area contributed by atoms with Crippen LogP contribution in [0.2, 0.25) is 0 Å². The van der Waals surface area contributed by atoms with Crippen molar-refractivity contribution in [1.29, 1.82) is 0 Å². The van der Waals surface area contributed by atoms with E-state index in [-0.39, 0.29) is 11.9 Å². The summed E-state index contributed by atoms with van der Waals surface area (Å²) < 4.78 is 11.4. The van der Waals surface area contributed by atoms with Gasteiger partial charge in [0.2, 0.25) is 0 Å². The number of nitrogens with zero attached hydrogens (tertiary/aromatic N) is 2. The molecule has 0 heterocycles. The van der Waals surface area contributed by atoms with E-state index < -0.39 is 0 Å². The minimum Gasteiger partial charge on any atom is -0.462 e. The van der Waals surface area contributed by atoms with Crippen molar-refractivity contribution in [3.63, 3.8) is 0 Å². The number of rotatable bonds is 48. The van der Waals surface area contributed by atoms with E-state index in [0.29, 0.717) is 24.3 Å². The second-order valence-corrected chi connectivity index (χ2v) is 18.8. The molecule has 0 N–H and O–H groups in total. The van der Waals surface area contributed by atoms with Gasteiger partial charge in [0.15, 0.2) is 0 Å². The Balaban J connectivity index is 2.43. The maximum atomic E-state index is 13.0. The Morgan fingerprint density at radius 3 is 0.823 bits per heavy atom. The molecule has 0 spiro atoms. The molecule has 1 rings (SSSR count). The van der Waals surface area contributed by atoms with Gasteiger partial charge in [0.05, 0.1) is 24.3 Å². The van der Waals surface area contributed by atoms with Crippen molar-refractivity contribution in [2.75, 3.05) is 52.5 Å². The van der Waals surface area contributed by atoms with Crippen LogP contribution in [-0.2, 0) is 9.47 Å². The highest BCUT2D eigenvalue weighted by Gasteiger charge is 2.14. The number of hydrogen-bond acceptors (Lipinski definition) is 6. The Labute approximate surface area is 386 Å². The van der Waals surface area contributed by atoms with Gasteiger partial charge in [0, 0.05) is 0 Å². The first-order valence-electron chi connectivity index (χ1n) is 27.4. The molecule has 6 heteroatoms. The van der Waals surface area contributed by atoms with Crippen LogP contribution in [0, 0.1) is 0 Å². The van der Waals surface area contributed by atoms with E-state index in [0.717, 1.165) is 38.8 Å². The van der Waals surface area contributed by atoms with Crippen molar-refractivity contribution in [3.05, 3.63) is 35.4 Å². The molecule has 6 nitrogen and oxygen atoms in total. The molecule has 0 unspecified atom stereocenters. The van der Waals surface area contributed by atoms with Crippen LogP contribution in [-0.4, -0.2) is 74.2 Å². The predicted molar refractivity (Wildman–Crippen MR) is 269 cm³/mol. The van der Waals surface area contributed by atoms with Gasteiger partial charge in [-0.25, -0.2) is 9.59 Å². The number of carbonyl (C=O) groups excluding carboxylic acids is 2. The number of unbranched alkanes of at least 4 members (excludes halogenated alkanes) is 30. The molecule has 1 aromatic carbocycles. The van der Waals surface area contributed by atoms with Crippen LogP contribution < -0.4 is 0 Å². The molecule has 62 heavy (non-hydrogen) atoms. The Morgan fingerprint density at radius 1 is 0.339 bits per heavy atom. The molecule has 0 saturated heterocycles. The summed E-state index contributed by atoms with van der Waals surface area (Å²) in [6.07, 6.45) is 47.1. The third kappa shape index (κ3) is 36.4. The van der Waals surface area contributed by atoms with Crippen molar-refractivity contribution >= 4 is 11.9 Å². The molecule has 0 bridgehead atoms. The van der Waals surface area contributed by atoms with Gasteiger partial charge in [-0.3, -0.25) is 0 Å². The van der Waals surface area contributed by atoms with E-state index in [1.54, 1.807) is 24.3 Å². The van der Waals surface area contributed by atoms with E-state index in [4.69, 9.17) is 9.47 Å². The highest BCUT2D eigenvalue weighted by atomic mass is 16.5. The quantitative estimate of drug-likeness (QED) is 0.0480. The Bertz CT molecular complexity index is 990. The molecule has 0 aliphatic heterocycles. The standard InChI is InChI=1S/C56H104N2O4/c1-5-9-13-17-21-25-29-33-44-57(45-34-30-26-22-18-14-10-6-2)48-37-39-50-61-55(59)53-42-41-43-54(52-53)56(60)62-51-40-38-49-58(46-35-31-27-23-19-15-11-7-3)47-36-32-28-24-20-16-12-8-4/h41-43,52H,5-40,44-51H2,1-4H3. The molecule has 0 amide bonds. The third-order valence-corrected chi connectivity index (χ3v) is 12.8. The molecule has 0 saturated carbocycles. The topological polar surface area (TPSA) is 59.1 Å². The lowest BCUT2D eigenvalue weighted by atomic mass is 10.1. The SMILES string of the molecule is CCCCCCCCCCN(CCCCCCCCCC)CCCCOC(=O)c1cccc(C(=O)OCCCCN(CCCCCCCCCC)CCCCCCCCCC)c1. The largest absolute Gasteiger partial charge is 0.462 e. The smallest absolute Gasteiger partial charge is 0.338 e. The van der Waals surface area contributed by atoms with E-state index in [1.165, 1.54) is 232 Å². The molecule has 0 aromatic heterocycles. The predicted octanol–water partition coefficient (Wildman–Crippen LogP) is 16.7. The highest BCUT2D eigenvalue weighted by Crippen LogP contribution is 2.15. The van der Waals surface area contributed by atoms with Gasteiger partial charge in [0.1, 0.15) is 0 Å². The minimum absolute atomic E-state index is 0.359. The Kier molecular flexibility index (Phi) is 42.8. The van der Waals surface area contributed by atoms with Crippen LogP contribution >= 0.6 is 0 Å². The fourth-order valence-electron chi connectivity index (χ4n) is 8.69. The van der Waals surface area contributed by atoms with Crippen LogP contribution in [0.25, 0.3) is 0 Å². The normalized spacial score (nSPS) is 11.6. The lowest BCUT2D eigenvalue weighted by molar-refractivity contribution is 0.0493. The maximum Gasteiger partial charge on any atom is 0.338 e. The van der Waals surface area contributed by atoms with Gasteiger partial charge in [-0.2, -0.15) is 0 Å². The Morgan fingerprint density at radius 2 is 0.565 bits per heavy atom. The molecule has 1 aromatic rings. The fourth-order valence-corrected chi connectivity index (χ4v) is 8.69. The molecule has 0 radical (unpaired) electrons. The monoisotopic (exact) mass is 869 g/mol. The molecule has 362 valence electrons. The molecular weight excluding hydrogens is 765 g/mol. The summed E-state index contributed by atoms with van der Waals surface area (Å²) >= 11 is 0. The number of carbonyl (C=O) groups is 2. The zero-order chi connectivity index (χ0) is 44.8. The second-order valence-electron chi connectivity index (χ2n) is 18.8. The molecule has 0 aliphatic rings. The van der Waals surface area contributed by atoms with Crippen LogP contribution in [0.3, 0.4) is 0 Å². The number of esters is 2. The van der Waals surface area contributed by atoms with Crippen molar-refractivity contribution < 1.29 is 19.1 Å². The molecular formula is C56H104N2O4. The van der Waals surface area contributed by atoms with Crippen molar-refractivity contribution in [3.8, 4) is 0 Å². The summed E-state index contributed by atoms with van der Waals surface area (Å²) in [5, 5.41) is 0. The summed E-state index contributed by atoms with van der Waals surface area (Å²) in [5.41, 5.74) is 0.839. The second kappa shape index (κ2) is 45.6. The van der Waals surface area contributed by atoms with Crippen molar-refractivity contribution in [1.82, 2.24) is 9.80 Å². The minimum atomic E-state index is -0.359. The zero-order valence-electron chi connectivity index (χ0n) is 41.9. The van der Waals surface area contributed by atoms with Gasteiger partial charge < -0.3 is 19.3 Å². The number of ether oxygens (including phenoxy) is 2. The molecule has 0 fully saturated rings. The average molecular weight is 869 g/mol. The first kappa shape index (κ1) is 58.1. The van der Waals surface area contributed by atoms with E-state index in [1.807, 2.05) is 0 Å². The van der Waals surface area contributed by atoms with Crippen LogP contribution in [0.15, 0.2) is 24.3 Å². The van der Waals surface area contributed by atoms with E-state index in [9.17, 15) is 9.59 Å². The van der Waals surface area contributed by atoms with Gasteiger partial charge in [-0.15, -0.1) is 0 Å². The number of benzene rings is 1. The summed E-state index contributed by atoms with van der Waals surface area (Å²) in [4.78, 5) is 31.3. The number of hydrogen-bond donors (Lipinski definition) is 0. The fraction of sp³-hybridized carbons (Fsp3) is 0.857. The van der Waals surface area contributed by atoms with Crippen molar-refractivity contribution in [2.24, 2.45) is 0 Å². The summed E-state index contributed by atoms with van der Waals surface area (Å²) in [6.45, 7) is 16.9. The summed E-state index contributed by atoms with van der Waals surface area (Å²) in [7, 11) is 0. The van der Waals surface area contributed by atoms with E-state index >= 15 is 0 Å². The third-order valence-electron chi connectivity index (χ3n) is 12.8. The zero-order valence-corrected chi connectivity index (χ0v) is 41.9. The summed E-state index contributed by atoms with van der Waals surface area (Å²) in [5.74, 6) is -0.718. The summed E-state index contributed by atoms with van der Waals surface area (Å²) in [6, 6.07) is 6.87. The van der Waals surface area contributed by atoms with Crippen molar-refractivity contribution in [2.45, 2.75) is 259 Å². The van der Waals surface area contributed by atoms with Crippen LogP contribution in [0.4, 0.5) is 0 Å². The first-order chi connectivity index (χ1) is 30.5. The first-order valence-corrected chi connectivity index (χ1v) is 27.4. The molecule has 0 aliphatic carbocycles. The van der Waals surface area contributed by atoms with Crippen LogP contribution in [0.1, 0.15) is 280 Å². The van der Waals surface area contributed by atoms with Crippen LogP contribution in [0.5, 0.6) is 0 Å². The average Bonchev–Trinajstić information content (AvgIpc) is 3.28. The lowest BCUT2D eigenvalue weighted by Gasteiger charge is -2.22. The van der Waals surface area contributed by atoms with Gasteiger partial charge in [-0.1, -0.05) is 214 Å². The van der Waals surface area contributed by atoms with Gasteiger partial charge >= 0.3 is 11.9 Å².